The van der Waals surface area contributed by atoms with E-state index in [0.717, 1.165) is 29.9 Å². The lowest BCUT2D eigenvalue weighted by Crippen LogP contribution is -2.34. The van der Waals surface area contributed by atoms with E-state index in [1.54, 1.807) is 13.1 Å². The van der Waals surface area contributed by atoms with Crippen LogP contribution in [-0.2, 0) is 0 Å². The van der Waals surface area contributed by atoms with Gasteiger partial charge in [0, 0.05) is 60.8 Å². The summed E-state index contributed by atoms with van der Waals surface area (Å²) in [6, 6.07) is 13.8. The Hall–Kier alpha value is -3.28. The van der Waals surface area contributed by atoms with Gasteiger partial charge in [0.05, 0.1) is 12.2 Å². The number of rotatable bonds is 5. The number of hydrogen-bond donors (Lipinski definition) is 2. The molecule has 3 unspecified atom stereocenters. The smallest absolute Gasteiger partial charge is 0.254 e. The number of allylic oxidation sites excluding steroid dienone is 1. The number of nitrogens with zero attached hydrogens (tertiary/aromatic N) is 1. The minimum atomic E-state index is -0.250. The van der Waals surface area contributed by atoms with Crippen molar-refractivity contribution in [1.29, 1.82) is 0 Å². The Bertz CT molecular complexity index is 1050. The van der Waals surface area contributed by atoms with Crippen LogP contribution in [0.15, 0.2) is 54.7 Å². The fourth-order valence-corrected chi connectivity index (χ4v) is 5.01. The minimum Gasteiger partial charge on any atom is -0.491 e. The number of likely N-dealkylation sites (tertiary alicyclic amines) is 1. The quantitative estimate of drug-likeness (QED) is 0.785. The van der Waals surface area contributed by atoms with Crippen LogP contribution in [0.4, 0.5) is 0 Å². The zero-order valence-corrected chi connectivity index (χ0v) is 17.9. The van der Waals surface area contributed by atoms with Crippen molar-refractivity contribution in [3.8, 4) is 5.75 Å². The van der Waals surface area contributed by atoms with E-state index in [0.29, 0.717) is 35.3 Å². The number of fused-ring (bicyclic) bond motifs is 2. The maximum Gasteiger partial charge on any atom is 0.254 e. The SMILES string of the molecule is C=C(C)N1CC2C(C1)C2NC(=O)c1cc(C(=O)NC)c2c(c1)C(c1ccccc1)CO2. The highest BCUT2D eigenvalue weighted by Crippen LogP contribution is 2.47. The van der Waals surface area contributed by atoms with E-state index >= 15 is 0 Å². The van der Waals surface area contributed by atoms with Crippen LogP contribution in [0.3, 0.4) is 0 Å². The highest BCUT2D eigenvalue weighted by molar-refractivity contribution is 6.02. The Morgan fingerprint density at radius 1 is 1.10 bits per heavy atom. The van der Waals surface area contributed by atoms with Crippen LogP contribution in [0.1, 0.15) is 44.7 Å². The van der Waals surface area contributed by atoms with E-state index in [1.807, 2.05) is 43.3 Å². The second-order valence-electron chi connectivity index (χ2n) is 8.76. The van der Waals surface area contributed by atoms with Gasteiger partial charge in [-0.1, -0.05) is 36.9 Å². The van der Waals surface area contributed by atoms with Crippen molar-refractivity contribution in [2.45, 2.75) is 18.9 Å². The summed E-state index contributed by atoms with van der Waals surface area (Å²) in [5.74, 6) is 1.15. The van der Waals surface area contributed by atoms with E-state index < -0.39 is 0 Å². The van der Waals surface area contributed by atoms with E-state index in [1.165, 1.54) is 0 Å². The third-order valence-corrected chi connectivity index (χ3v) is 6.85. The highest BCUT2D eigenvalue weighted by Gasteiger charge is 2.56. The average Bonchev–Trinajstić information content (AvgIpc) is 3.15. The van der Waals surface area contributed by atoms with Crippen LogP contribution in [-0.4, -0.2) is 49.5 Å². The number of hydrogen-bond acceptors (Lipinski definition) is 4. The Kier molecular flexibility index (Phi) is 4.73. The van der Waals surface area contributed by atoms with Crippen molar-refractivity contribution in [2.24, 2.45) is 11.8 Å². The van der Waals surface area contributed by atoms with Crippen LogP contribution in [0.2, 0.25) is 0 Å². The van der Waals surface area contributed by atoms with Gasteiger partial charge in [0.15, 0.2) is 0 Å². The molecule has 2 aromatic rings. The van der Waals surface area contributed by atoms with E-state index in [4.69, 9.17) is 4.74 Å². The molecule has 6 nitrogen and oxygen atoms in total. The zero-order chi connectivity index (χ0) is 21.7. The Morgan fingerprint density at radius 2 is 1.81 bits per heavy atom. The number of carbonyl (C=O) groups excluding carboxylic acids is 2. The maximum atomic E-state index is 13.1. The van der Waals surface area contributed by atoms with Gasteiger partial charge in [-0.3, -0.25) is 9.59 Å². The summed E-state index contributed by atoms with van der Waals surface area (Å²) in [4.78, 5) is 28.0. The number of ether oxygens (including phenoxy) is 1. The number of carbonyl (C=O) groups is 2. The lowest BCUT2D eigenvalue weighted by Gasteiger charge is -2.22. The molecule has 160 valence electrons. The van der Waals surface area contributed by atoms with Crippen molar-refractivity contribution in [3.63, 3.8) is 0 Å². The van der Waals surface area contributed by atoms with Crippen molar-refractivity contribution in [2.75, 3.05) is 26.7 Å². The van der Waals surface area contributed by atoms with Crippen molar-refractivity contribution >= 4 is 11.8 Å². The molecule has 2 amide bonds. The summed E-state index contributed by atoms with van der Waals surface area (Å²) in [5, 5.41) is 5.86. The standard InChI is InChI=1S/C25H27N3O3/c1-14(2)28-11-19-20(12-28)22(19)27-24(29)16-9-17-21(15-7-5-4-6-8-15)13-31-23(17)18(10-16)25(30)26-3/h4-10,19-22H,1,11-13H2,2-3H3,(H,26,30)(H,27,29). The van der Waals surface area contributed by atoms with E-state index in [2.05, 4.69) is 22.1 Å². The lowest BCUT2D eigenvalue weighted by atomic mass is 9.90. The van der Waals surface area contributed by atoms with Crippen molar-refractivity contribution in [3.05, 3.63) is 77.0 Å². The summed E-state index contributed by atoms with van der Waals surface area (Å²) in [6.07, 6.45) is 0. The fraction of sp³-hybridized carbons (Fsp3) is 0.360. The summed E-state index contributed by atoms with van der Waals surface area (Å²) < 4.78 is 5.94. The topological polar surface area (TPSA) is 70.7 Å². The van der Waals surface area contributed by atoms with Gasteiger partial charge in [-0.2, -0.15) is 0 Å². The third-order valence-electron chi connectivity index (χ3n) is 6.85. The summed E-state index contributed by atoms with van der Waals surface area (Å²) in [6.45, 7) is 8.39. The van der Waals surface area contributed by atoms with Gasteiger partial charge in [-0.05, 0) is 24.6 Å². The van der Waals surface area contributed by atoms with Gasteiger partial charge < -0.3 is 20.3 Å². The van der Waals surface area contributed by atoms with Gasteiger partial charge in [-0.25, -0.2) is 0 Å². The van der Waals surface area contributed by atoms with Gasteiger partial charge in [0.25, 0.3) is 11.8 Å². The molecular formula is C25H27N3O3. The van der Waals surface area contributed by atoms with Gasteiger partial charge in [-0.15, -0.1) is 0 Å². The van der Waals surface area contributed by atoms with Crippen LogP contribution in [0, 0.1) is 11.8 Å². The van der Waals surface area contributed by atoms with Crippen LogP contribution < -0.4 is 15.4 Å². The molecule has 3 atom stereocenters. The third kappa shape index (κ3) is 3.36. The largest absolute Gasteiger partial charge is 0.491 e. The number of nitrogens with one attached hydrogen (secondary N) is 2. The molecule has 0 spiro atoms. The molecular weight excluding hydrogens is 390 g/mol. The van der Waals surface area contributed by atoms with Gasteiger partial charge >= 0.3 is 0 Å². The fourth-order valence-electron chi connectivity index (χ4n) is 5.01. The molecule has 2 aliphatic heterocycles. The normalized spacial score (nSPS) is 25.3. The van der Waals surface area contributed by atoms with Crippen molar-refractivity contribution < 1.29 is 14.3 Å². The van der Waals surface area contributed by atoms with Crippen LogP contribution in [0.5, 0.6) is 5.75 Å². The van der Waals surface area contributed by atoms with Crippen LogP contribution >= 0.6 is 0 Å². The number of amides is 2. The summed E-state index contributed by atoms with van der Waals surface area (Å²) in [7, 11) is 1.59. The summed E-state index contributed by atoms with van der Waals surface area (Å²) in [5.41, 5.74) is 4.00. The molecule has 1 aliphatic carbocycles. The van der Waals surface area contributed by atoms with E-state index in [-0.39, 0.29) is 23.8 Å². The van der Waals surface area contributed by atoms with Crippen molar-refractivity contribution in [1.82, 2.24) is 15.5 Å². The Labute approximate surface area is 182 Å². The maximum absolute atomic E-state index is 13.1. The second-order valence-corrected chi connectivity index (χ2v) is 8.76. The molecule has 2 aromatic carbocycles. The molecule has 1 saturated heterocycles. The highest BCUT2D eigenvalue weighted by atomic mass is 16.5. The van der Waals surface area contributed by atoms with E-state index in [9.17, 15) is 9.59 Å². The minimum absolute atomic E-state index is 0.00298. The monoisotopic (exact) mass is 417 g/mol. The lowest BCUT2D eigenvalue weighted by molar-refractivity contribution is 0.0944. The molecule has 3 aliphatic rings. The Morgan fingerprint density at radius 3 is 2.45 bits per heavy atom. The predicted octanol–water partition coefficient (Wildman–Crippen LogP) is 2.76. The number of piperidine rings is 1. The predicted molar refractivity (Wildman–Crippen MR) is 118 cm³/mol. The average molecular weight is 418 g/mol. The molecule has 31 heavy (non-hydrogen) atoms. The van der Waals surface area contributed by atoms with Gasteiger partial charge in [0.2, 0.25) is 0 Å². The second kappa shape index (κ2) is 7.45. The first-order valence-electron chi connectivity index (χ1n) is 10.8. The Balaban J connectivity index is 1.41. The first-order chi connectivity index (χ1) is 15.0. The molecule has 5 rings (SSSR count). The molecule has 2 N–H and O–H groups in total. The zero-order valence-electron chi connectivity index (χ0n) is 17.9. The summed E-state index contributed by atoms with van der Waals surface area (Å²) >= 11 is 0. The molecule has 1 saturated carbocycles. The van der Waals surface area contributed by atoms with Crippen LogP contribution in [0.25, 0.3) is 0 Å². The molecule has 0 radical (unpaired) electrons. The molecule has 2 fully saturated rings. The molecule has 6 heteroatoms. The molecule has 0 aromatic heterocycles. The number of benzene rings is 2. The van der Waals surface area contributed by atoms with Gasteiger partial charge in [0.1, 0.15) is 5.75 Å². The molecule has 0 bridgehead atoms. The first kappa shape index (κ1) is 19.7. The molecule has 2 heterocycles. The first-order valence-corrected chi connectivity index (χ1v) is 10.8.